The third-order valence-electron chi connectivity index (χ3n) is 4.49. The molecule has 6 heteroatoms. The van der Waals surface area contributed by atoms with Crippen molar-refractivity contribution in [2.45, 2.75) is 64.8 Å². The zero-order valence-corrected chi connectivity index (χ0v) is 15.7. The van der Waals surface area contributed by atoms with Gasteiger partial charge in [-0.2, -0.15) is 0 Å². The monoisotopic (exact) mass is 358 g/mol. The molecule has 0 radical (unpaired) electrons. The summed E-state index contributed by atoms with van der Waals surface area (Å²) in [6, 6.07) is 4.80. The molecule has 2 rings (SSSR count). The Morgan fingerprint density at radius 3 is 2.39 bits per heavy atom. The van der Waals surface area contributed by atoms with Gasteiger partial charge in [-0.3, -0.25) is 4.90 Å². The lowest BCUT2D eigenvalue weighted by atomic mass is 9.86. The highest BCUT2D eigenvalue weighted by Crippen LogP contribution is 2.41. The predicted molar refractivity (Wildman–Crippen MR) is 95.2 cm³/mol. The Bertz CT molecular complexity index is 617. The number of carbonyl (C=O) groups is 1. The molecule has 1 saturated heterocycles. The van der Waals surface area contributed by atoms with Gasteiger partial charge in [0.25, 0.3) is 0 Å². The second-order valence-electron chi connectivity index (χ2n) is 7.05. The summed E-state index contributed by atoms with van der Waals surface area (Å²) in [7, 11) is 0. The highest BCUT2D eigenvalue weighted by atomic mass is 35.5. The minimum atomic E-state index is -1.30. The molecule has 1 N–H and O–H groups in total. The van der Waals surface area contributed by atoms with Crippen LogP contribution in [-0.2, 0) is 0 Å². The highest BCUT2D eigenvalue weighted by Gasteiger charge is 2.51. The molecule has 1 fully saturated rings. The maximum absolute atomic E-state index is 13.2. The van der Waals surface area contributed by atoms with Crippen molar-refractivity contribution >= 4 is 34.9 Å². The zero-order valence-electron chi connectivity index (χ0n) is 14.2. The number of amides is 2. The van der Waals surface area contributed by atoms with Gasteiger partial charge in [-0.05, 0) is 52.3 Å². The molecule has 4 nitrogen and oxygen atoms in total. The quantitative estimate of drug-likeness (QED) is 0.833. The molecule has 0 spiro atoms. The fourth-order valence-corrected chi connectivity index (χ4v) is 3.83. The molecule has 0 aromatic heterocycles. The van der Waals surface area contributed by atoms with Crippen LogP contribution in [0.15, 0.2) is 18.2 Å². The summed E-state index contributed by atoms with van der Waals surface area (Å²) in [5.41, 5.74) is -1.21. The van der Waals surface area contributed by atoms with E-state index in [1.807, 2.05) is 32.6 Å². The maximum Gasteiger partial charge on any atom is 0.327 e. The molecule has 23 heavy (non-hydrogen) atoms. The van der Waals surface area contributed by atoms with E-state index in [4.69, 9.17) is 23.2 Å². The van der Waals surface area contributed by atoms with E-state index in [0.29, 0.717) is 22.2 Å². The van der Waals surface area contributed by atoms with E-state index < -0.39 is 11.3 Å². The number of benzene rings is 1. The molecule has 2 amide bonds. The summed E-state index contributed by atoms with van der Waals surface area (Å²) >= 11 is 12.1. The molecule has 0 aliphatic carbocycles. The third kappa shape index (κ3) is 3.30. The van der Waals surface area contributed by atoms with Crippen molar-refractivity contribution in [2.24, 2.45) is 0 Å². The van der Waals surface area contributed by atoms with Crippen LogP contribution < -0.4 is 4.90 Å². The molecule has 1 aliphatic rings. The summed E-state index contributed by atoms with van der Waals surface area (Å²) in [4.78, 5) is 16.4. The number of anilines is 1. The van der Waals surface area contributed by atoms with Gasteiger partial charge in [-0.25, -0.2) is 4.79 Å². The molecule has 2 atom stereocenters. The van der Waals surface area contributed by atoms with Crippen LogP contribution in [-0.4, -0.2) is 33.3 Å². The lowest BCUT2D eigenvalue weighted by Crippen LogP contribution is -2.69. The van der Waals surface area contributed by atoms with Crippen LogP contribution in [0.25, 0.3) is 0 Å². The van der Waals surface area contributed by atoms with Crippen LogP contribution >= 0.6 is 23.2 Å². The fourth-order valence-electron chi connectivity index (χ4n) is 3.54. The van der Waals surface area contributed by atoms with Crippen LogP contribution in [0, 0.1) is 0 Å². The van der Waals surface area contributed by atoms with E-state index >= 15 is 0 Å². The summed E-state index contributed by atoms with van der Waals surface area (Å²) in [5, 5.41) is 11.7. The van der Waals surface area contributed by atoms with Gasteiger partial charge in [0.15, 0.2) is 0 Å². The number of hydrogen-bond acceptors (Lipinski definition) is 2. The van der Waals surface area contributed by atoms with Crippen molar-refractivity contribution in [1.82, 2.24) is 4.90 Å². The molecule has 128 valence electrons. The number of urea groups is 1. The minimum Gasteiger partial charge on any atom is -0.371 e. The Morgan fingerprint density at radius 1 is 1.26 bits per heavy atom. The Morgan fingerprint density at radius 2 is 1.87 bits per heavy atom. The number of halogens is 2. The summed E-state index contributed by atoms with van der Waals surface area (Å²) in [5.74, 6) is 0. The first-order chi connectivity index (χ1) is 10.5. The third-order valence-corrected chi connectivity index (χ3v) is 5.23. The standard InChI is InChI=1S/C17H24Cl2N2O2/c1-6-11(2)20-15(22)21(17(5,23)10-16(20,3)4)12-7-8-13(18)14(19)9-12/h7-9,11,23H,6,10H2,1-5H3/t11-,17-/m1/s1. The van der Waals surface area contributed by atoms with Gasteiger partial charge < -0.3 is 10.0 Å². The van der Waals surface area contributed by atoms with E-state index in [9.17, 15) is 9.90 Å². The first kappa shape index (κ1) is 18.4. The van der Waals surface area contributed by atoms with Gasteiger partial charge >= 0.3 is 6.03 Å². The summed E-state index contributed by atoms with van der Waals surface area (Å²) in [6.07, 6.45) is 1.27. The van der Waals surface area contributed by atoms with Gasteiger partial charge in [0.2, 0.25) is 0 Å². The van der Waals surface area contributed by atoms with Gasteiger partial charge in [-0.15, -0.1) is 0 Å². The van der Waals surface area contributed by atoms with E-state index in [2.05, 4.69) is 0 Å². The van der Waals surface area contributed by atoms with Crippen molar-refractivity contribution in [3.8, 4) is 0 Å². The van der Waals surface area contributed by atoms with E-state index in [1.165, 1.54) is 4.90 Å². The number of rotatable bonds is 3. The largest absolute Gasteiger partial charge is 0.371 e. The van der Waals surface area contributed by atoms with Gasteiger partial charge in [0, 0.05) is 23.7 Å². The molecule has 0 saturated carbocycles. The van der Waals surface area contributed by atoms with Crippen LogP contribution in [0.3, 0.4) is 0 Å². The second kappa shape index (κ2) is 6.15. The molecule has 1 aromatic carbocycles. The molecule has 1 aliphatic heterocycles. The van der Waals surface area contributed by atoms with Gasteiger partial charge in [-0.1, -0.05) is 30.1 Å². The lowest BCUT2D eigenvalue weighted by molar-refractivity contribution is -0.0358. The molecule has 1 heterocycles. The van der Waals surface area contributed by atoms with Crippen molar-refractivity contribution < 1.29 is 9.90 Å². The van der Waals surface area contributed by atoms with E-state index in [-0.39, 0.29) is 12.1 Å². The highest BCUT2D eigenvalue weighted by molar-refractivity contribution is 6.42. The van der Waals surface area contributed by atoms with Crippen molar-refractivity contribution in [3.63, 3.8) is 0 Å². The van der Waals surface area contributed by atoms with Crippen molar-refractivity contribution in [2.75, 3.05) is 4.90 Å². The van der Waals surface area contributed by atoms with Crippen molar-refractivity contribution in [1.29, 1.82) is 0 Å². The topological polar surface area (TPSA) is 43.8 Å². The van der Waals surface area contributed by atoms with Crippen LogP contribution in [0.4, 0.5) is 10.5 Å². The molecule has 0 unspecified atom stereocenters. The molecule has 1 aromatic rings. The smallest absolute Gasteiger partial charge is 0.327 e. The summed E-state index contributed by atoms with van der Waals surface area (Å²) < 4.78 is 0. The Labute approximate surface area is 148 Å². The average Bonchev–Trinajstić information content (AvgIpc) is 2.39. The number of nitrogens with zero attached hydrogens (tertiary/aromatic N) is 2. The first-order valence-electron chi connectivity index (χ1n) is 7.82. The Balaban J connectivity index is 2.52. The number of aliphatic hydroxyl groups is 1. The SMILES string of the molecule is CC[C@@H](C)N1C(=O)N(c2ccc(Cl)c(Cl)c2)[C@](C)(O)CC1(C)C. The number of hydrogen-bond donors (Lipinski definition) is 1. The lowest BCUT2D eigenvalue weighted by Gasteiger charge is -2.55. The number of carbonyl (C=O) groups excluding carboxylic acids is 1. The minimum absolute atomic E-state index is 0.0684. The van der Waals surface area contributed by atoms with E-state index in [0.717, 1.165) is 6.42 Å². The van der Waals surface area contributed by atoms with Gasteiger partial charge in [0.05, 0.1) is 10.0 Å². The normalized spacial score (nSPS) is 25.7. The zero-order chi connectivity index (χ0) is 17.6. The fraction of sp³-hybridized carbons (Fsp3) is 0.588. The van der Waals surface area contributed by atoms with Crippen LogP contribution in [0.2, 0.25) is 10.0 Å². The molecular formula is C17H24Cl2N2O2. The van der Waals surface area contributed by atoms with Crippen LogP contribution in [0.1, 0.15) is 47.5 Å². The average molecular weight is 359 g/mol. The molecule has 0 bridgehead atoms. The Hall–Kier alpha value is -0.970. The van der Waals surface area contributed by atoms with Gasteiger partial charge in [0.1, 0.15) is 5.72 Å². The van der Waals surface area contributed by atoms with E-state index in [1.54, 1.807) is 25.1 Å². The van der Waals surface area contributed by atoms with Crippen molar-refractivity contribution in [3.05, 3.63) is 28.2 Å². The maximum atomic E-state index is 13.2. The Kier molecular flexibility index (Phi) is 4.91. The van der Waals surface area contributed by atoms with Crippen LogP contribution in [0.5, 0.6) is 0 Å². The second-order valence-corrected chi connectivity index (χ2v) is 7.86. The summed E-state index contributed by atoms with van der Waals surface area (Å²) in [6.45, 7) is 9.69. The predicted octanol–water partition coefficient (Wildman–Crippen LogP) is 4.91. The molecular weight excluding hydrogens is 335 g/mol. The first-order valence-corrected chi connectivity index (χ1v) is 8.58.